The Morgan fingerprint density at radius 2 is 2.10 bits per heavy atom. The third-order valence-electron chi connectivity index (χ3n) is 3.16. The highest BCUT2D eigenvalue weighted by Crippen LogP contribution is 2.20. The molecule has 0 aliphatic rings. The molecule has 1 N–H and O–H groups in total. The summed E-state index contributed by atoms with van der Waals surface area (Å²) in [6.45, 7) is 1.31. The highest BCUT2D eigenvalue weighted by Gasteiger charge is 2.14. The van der Waals surface area contributed by atoms with Crippen LogP contribution >= 0.6 is 34.5 Å². The highest BCUT2D eigenvalue weighted by molar-refractivity contribution is 7.16. The van der Waals surface area contributed by atoms with Crippen LogP contribution in [0, 0.1) is 0 Å². The first-order valence-electron chi connectivity index (χ1n) is 6.37. The molecular formula is C14H13Cl2N2O2S+. The molecule has 2 aromatic heterocycles. The average Bonchev–Trinajstić information content (AvgIpc) is 2.94. The molecule has 2 heterocycles. The van der Waals surface area contributed by atoms with Gasteiger partial charge in [-0.05, 0) is 24.3 Å². The lowest BCUT2D eigenvalue weighted by molar-refractivity contribution is -0.916. The van der Waals surface area contributed by atoms with E-state index in [-0.39, 0.29) is 5.76 Å². The van der Waals surface area contributed by atoms with E-state index in [1.807, 2.05) is 19.2 Å². The summed E-state index contributed by atoms with van der Waals surface area (Å²) in [5, 5.41) is 0.553. The molecule has 3 rings (SSSR count). The number of benzene rings is 1. The van der Waals surface area contributed by atoms with Crippen molar-refractivity contribution in [2.24, 2.45) is 0 Å². The number of hydrogen-bond donors (Lipinski definition) is 1. The molecule has 1 atom stereocenters. The number of fused-ring (bicyclic) bond motifs is 1. The lowest BCUT2D eigenvalue weighted by atomic mass is 10.3. The maximum absolute atomic E-state index is 12.0. The maximum Gasteiger partial charge on any atom is 0.424 e. The molecule has 0 fully saturated rings. The van der Waals surface area contributed by atoms with Gasteiger partial charge in [-0.2, -0.15) is 0 Å². The summed E-state index contributed by atoms with van der Waals surface area (Å²) in [4.78, 5) is 14.3. The summed E-state index contributed by atoms with van der Waals surface area (Å²) >= 11 is 13.4. The van der Waals surface area contributed by atoms with E-state index >= 15 is 0 Å². The van der Waals surface area contributed by atoms with Crippen molar-refractivity contribution in [1.82, 2.24) is 4.57 Å². The number of rotatable bonds is 4. The molecule has 1 unspecified atom stereocenters. The first-order valence-corrected chi connectivity index (χ1v) is 7.94. The van der Waals surface area contributed by atoms with E-state index in [1.165, 1.54) is 4.88 Å². The van der Waals surface area contributed by atoms with Crippen LogP contribution in [0.5, 0.6) is 0 Å². The zero-order chi connectivity index (χ0) is 15.0. The van der Waals surface area contributed by atoms with Crippen LogP contribution in [0.1, 0.15) is 4.88 Å². The van der Waals surface area contributed by atoms with E-state index in [1.54, 1.807) is 34.1 Å². The molecule has 0 bridgehead atoms. The van der Waals surface area contributed by atoms with Gasteiger partial charge in [0.15, 0.2) is 12.3 Å². The van der Waals surface area contributed by atoms with Crippen molar-refractivity contribution in [3.05, 3.63) is 55.1 Å². The molecule has 0 radical (unpaired) electrons. The summed E-state index contributed by atoms with van der Waals surface area (Å²) in [7, 11) is 2.02. The van der Waals surface area contributed by atoms with Crippen LogP contribution in [-0.4, -0.2) is 11.6 Å². The Balaban J connectivity index is 1.84. The smallest absolute Gasteiger partial charge is 0.408 e. The third kappa shape index (κ3) is 3.16. The second-order valence-electron chi connectivity index (χ2n) is 4.91. The van der Waals surface area contributed by atoms with Crippen LogP contribution in [0.15, 0.2) is 39.5 Å². The summed E-state index contributed by atoms with van der Waals surface area (Å²) in [6, 6.07) is 9.10. The van der Waals surface area contributed by atoms with E-state index in [4.69, 9.17) is 27.6 Å². The fourth-order valence-electron chi connectivity index (χ4n) is 2.26. The topological polar surface area (TPSA) is 39.6 Å². The first-order chi connectivity index (χ1) is 10.0. The van der Waals surface area contributed by atoms with Crippen LogP contribution in [0.2, 0.25) is 9.36 Å². The highest BCUT2D eigenvalue weighted by atomic mass is 35.5. The quantitative estimate of drug-likeness (QED) is 0.790. The van der Waals surface area contributed by atoms with Gasteiger partial charge in [0, 0.05) is 11.1 Å². The molecule has 0 aliphatic carbocycles. The van der Waals surface area contributed by atoms with Crippen molar-refractivity contribution in [3.63, 3.8) is 0 Å². The van der Waals surface area contributed by atoms with Gasteiger partial charge >= 0.3 is 5.76 Å². The minimum atomic E-state index is -0.365. The maximum atomic E-state index is 12.0. The molecule has 4 nitrogen and oxygen atoms in total. The third-order valence-corrected chi connectivity index (χ3v) is 4.63. The van der Waals surface area contributed by atoms with Crippen molar-refractivity contribution < 1.29 is 9.32 Å². The Morgan fingerprint density at radius 1 is 1.29 bits per heavy atom. The van der Waals surface area contributed by atoms with Crippen LogP contribution in [0.4, 0.5) is 0 Å². The molecule has 3 aromatic rings. The van der Waals surface area contributed by atoms with Crippen LogP contribution < -0.4 is 10.7 Å². The van der Waals surface area contributed by atoms with Gasteiger partial charge in [0.1, 0.15) is 6.54 Å². The van der Waals surface area contributed by atoms with E-state index in [0.717, 1.165) is 21.3 Å². The minimum absolute atomic E-state index is 0.365. The SMILES string of the molecule is C[NH+](Cc1ccc(Cl)s1)Cn1c(=O)oc2cc(Cl)ccc21. The van der Waals surface area contributed by atoms with Gasteiger partial charge < -0.3 is 9.32 Å². The Kier molecular flexibility index (Phi) is 4.08. The predicted octanol–water partition coefficient (Wildman–Crippen LogP) is 2.64. The fraction of sp³-hybridized carbons (Fsp3) is 0.214. The average molecular weight is 344 g/mol. The van der Waals surface area contributed by atoms with Crippen molar-refractivity contribution in [2.75, 3.05) is 7.05 Å². The van der Waals surface area contributed by atoms with E-state index in [0.29, 0.717) is 17.3 Å². The lowest BCUT2D eigenvalue weighted by Gasteiger charge is -2.13. The number of hydrogen-bond acceptors (Lipinski definition) is 3. The van der Waals surface area contributed by atoms with Crippen LogP contribution in [-0.2, 0) is 13.2 Å². The number of halogens is 2. The summed E-state index contributed by atoms with van der Waals surface area (Å²) < 4.78 is 7.62. The number of thiophene rings is 1. The first kappa shape index (κ1) is 14.7. The van der Waals surface area contributed by atoms with Crippen molar-refractivity contribution in [1.29, 1.82) is 0 Å². The molecule has 0 aliphatic heterocycles. The zero-order valence-electron chi connectivity index (χ0n) is 11.2. The molecule has 7 heteroatoms. The van der Waals surface area contributed by atoms with Crippen LogP contribution in [0.3, 0.4) is 0 Å². The van der Waals surface area contributed by atoms with Gasteiger partial charge in [-0.15, -0.1) is 11.3 Å². The number of quaternary nitrogens is 1. The fourth-order valence-corrected chi connectivity index (χ4v) is 3.62. The number of nitrogens with zero attached hydrogens (tertiary/aromatic N) is 1. The lowest BCUT2D eigenvalue weighted by Crippen LogP contribution is -3.07. The largest absolute Gasteiger partial charge is 0.424 e. The van der Waals surface area contributed by atoms with Gasteiger partial charge in [-0.1, -0.05) is 23.2 Å². The standard InChI is InChI=1S/C14H12Cl2N2O2S/c1-17(7-10-3-5-13(16)21-10)8-18-11-4-2-9(15)6-12(11)20-14(18)19/h2-6H,7-8H2,1H3/p+1. The number of oxazole rings is 1. The molecule has 0 spiro atoms. The van der Waals surface area contributed by atoms with Gasteiger partial charge in [0.05, 0.1) is 21.8 Å². The molecular weight excluding hydrogens is 331 g/mol. The summed E-state index contributed by atoms with van der Waals surface area (Å²) in [5.74, 6) is -0.365. The zero-order valence-corrected chi connectivity index (χ0v) is 13.6. The molecule has 1 aromatic carbocycles. The van der Waals surface area contributed by atoms with Gasteiger partial charge in [-0.3, -0.25) is 0 Å². The van der Waals surface area contributed by atoms with Crippen LogP contribution in [0.25, 0.3) is 11.1 Å². The minimum Gasteiger partial charge on any atom is -0.408 e. The Morgan fingerprint density at radius 3 is 2.81 bits per heavy atom. The summed E-state index contributed by atoms with van der Waals surface area (Å²) in [6.07, 6.45) is 0. The van der Waals surface area contributed by atoms with Crippen molar-refractivity contribution in [2.45, 2.75) is 13.2 Å². The number of nitrogens with one attached hydrogen (secondary N) is 1. The van der Waals surface area contributed by atoms with Crippen molar-refractivity contribution in [3.8, 4) is 0 Å². The number of aromatic nitrogens is 1. The molecule has 21 heavy (non-hydrogen) atoms. The molecule has 110 valence electrons. The normalized spacial score (nSPS) is 12.9. The Hall–Kier alpha value is -1.27. The van der Waals surface area contributed by atoms with E-state index in [9.17, 15) is 4.79 Å². The molecule has 0 saturated heterocycles. The molecule has 0 saturated carbocycles. The Labute approximate surface area is 135 Å². The van der Waals surface area contributed by atoms with Crippen molar-refractivity contribution >= 4 is 45.6 Å². The second kappa shape index (κ2) is 5.85. The van der Waals surface area contributed by atoms with Gasteiger partial charge in [0.25, 0.3) is 0 Å². The van der Waals surface area contributed by atoms with Gasteiger partial charge in [-0.25, -0.2) is 9.36 Å². The van der Waals surface area contributed by atoms with E-state index in [2.05, 4.69) is 0 Å². The van der Waals surface area contributed by atoms with E-state index < -0.39 is 0 Å². The molecule has 0 amide bonds. The monoisotopic (exact) mass is 343 g/mol. The Bertz CT molecular complexity index is 837. The summed E-state index contributed by atoms with van der Waals surface area (Å²) in [5.41, 5.74) is 1.27. The second-order valence-corrected chi connectivity index (χ2v) is 7.14. The predicted molar refractivity (Wildman–Crippen MR) is 85.4 cm³/mol. The van der Waals surface area contributed by atoms with Gasteiger partial charge in [0.2, 0.25) is 0 Å².